The third-order valence-electron chi connectivity index (χ3n) is 5.27. The second-order valence-corrected chi connectivity index (χ2v) is 7.11. The Morgan fingerprint density at radius 1 is 1.04 bits per heavy atom. The largest absolute Gasteiger partial charge is 0.494 e. The molecule has 0 bridgehead atoms. The van der Waals surface area contributed by atoms with Gasteiger partial charge >= 0.3 is 0 Å². The molecule has 4 N–H and O–H groups in total. The first-order chi connectivity index (χ1) is 13.5. The zero-order valence-electron chi connectivity index (χ0n) is 16.1. The van der Waals surface area contributed by atoms with E-state index >= 15 is 0 Å². The number of amides is 2. The van der Waals surface area contributed by atoms with Gasteiger partial charge in [-0.05, 0) is 35.7 Å². The fourth-order valence-electron chi connectivity index (χ4n) is 3.69. The highest BCUT2D eigenvalue weighted by Crippen LogP contribution is 2.33. The van der Waals surface area contributed by atoms with Gasteiger partial charge in [-0.3, -0.25) is 9.59 Å². The Kier molecular flexibility index (Phi) is 6.31. The van der Waals surface area contributed by atoms with Crippen LogP contribution in [0.1, 0.15) is 29.5 Å². The second-order valence-electron chi connectivity index (χ2n) is 7.11. The lowest BCUT2D eigenvalue weighted by Gasteiger charge is -2.17. The molecule has 0 spiro atoms. The van der Waals surface area contributed by atoms with Crippen LogP contribution in [0.15, 0.2) is 48.5 Å². The van der Waals surface area contributed by atoms with Crippen molar-refractivity contribution < 1.29 is 14.3 Å². The number of hydrogen-bond donors (Lipinski definition) is 2. The van der Waals surface area contributed by atoms with E-state index in [9.17, 15) is 9.59 Å². The first-order valence-electron chi connectivity index (χ1n) is 9.59. The molecule has 148 valence electrons. The smallest absolute Gasteiger partial charge is 0.227 e. The Bertz CT molecular complexity index is 818. The van der Waals surface area contributed by atoms with E-state index in [2.05, 4.69) is 0 Å². The van der Waals surface area contributed by atoms with Crippen molar-refractivity contribution in [1.82, 2.24) is 4.90 Å². The predicted octanol–water partition coefficient (Wildman–Crippen LogP) is 1.81. The molecule has 6 nitrogen and oxygen atoms in total. The number of likely N-dealkylation sites (tertiary alicyclic amines) is 1. The van der Waals surface area contributed by atoms with Crippen molar-refractivity contribution in [3.8, 4) is 5.75 Å². The second kappa shape index (κ2) is 8.89. The van der Waals surface area contributed by atoms with Crippen LogP contribution < -0.4 is 16.2 Å². The van der Waals surface area contributed by atoms with Crippen LogP contribution in [-0.4, -0.2) is 36.4 Å². The lowest BCUT2D eigenvalue weighted by Crippen LogP contribution is -2.32. The van der Waals surface area contributed by atoms with Gasteiger partial charge in [0.15, 0.2) is 0 Å². The summed E-state index contributed by atoms with van der Waals surface area (Å²) in [6.45, 7) is 3.85. The van der Waals surface area contributed by atoms with Crippen LogP contribution in [0.3, 0.4) is 0 Å². The Hall–Kier alpha value is -2.86. The number of rotatable bonds is 7. The van der Waals surface area contributed by atoms with Gasteiger partial charge in [0, 0.05) is 25.6 Å². The Morgan fingerprint density at radius 2 is 1.68 bits per heavy atom. The highest BCUT2D eigenvalue weighted by Gasteiger charge is 2.39. The number of carbonyl (C=O) groups excluding carboxylic acids is 2. The average Bonchev–Trinajstić information content (AvgIpc) is 3.16. The molecule has 1 heterocycles. The van der Waals surface area contributed by atoms with Crippen molar-refractivity contribution in [2.24, 2.45) is 17.4 Å². The number of benzene rings is 2. The molecule has 28 heavy (non-hydrogen) atoms. The van der Waals surface area contributed by atoms with Crippen LogP contribution in [0, 0.1) is 5.92 Å². The van der Waals surface area contributed by atoms with Gasteiger partial charge in [-0.2, -0.15) is 0 Å². The van der Waals surface area contributed by atoms with Gasteiger partial charge in [-0.15, -0.1) is 0 Å². The van der Waals surface area contributed by atoms with Gasteiger partial charge in [-0.25, -0.2) is 0 Å². The van der Waals surface area contributed by atoms with Crippen LogP contribution >= 0.6 is 0 Å². The summed E-state index contributed by atoms with van der Waals surface area (Å²) in [5, 5.41) is 0. The standard InChI is InChI=1S/C22H27N3O3/c1-2-28-18-9-5-15(6-10-18)11-21(26)25-13-19(20(14-25)22(24)27)17-7-3-16(12-23)4-8-17/h3-10,19-20H,2,11-14,23H2,1H3,(H2,24,27)/t19-,20+/m1/s1. The van der Waals surface area contributed by atoms with Crippen LogP contribution in [0.2, 0.25) is 0 Å². The number of primary amides is 1. The van der Waals surface area contributed by atoms with E-state index in [-0.39, 0.29) is 30.1 Å². The van der Waals surface area contributed by atoms with Gasteiger partial charge < -0.3 is 21.1 Å². The number of nitrogens with two attached hydrogens (primary N) is 2. The molecule has 2 atom stereocenters. The normalized spacial score (nSPS) is 18.9. The molecule has 1 aliphatic heterocycles. The molecule has 0 radical (unpaired) electrons. The lowest BCUT2D eigenvalue weighted by molar-refractivity contribution is -0.129. The highest BCUT2D eigenvalue weighted by atomic mass is 16.5. The monoisotopic (exact) mass is 381 g/mol. The Labute approximate surface area is 165 Å². The minimum Gasteiger partial charge on any atom is -0.494 e. The van der Waals surface area contributed by atoms with Crippen molar-refractivity contribution in [1.29, 1.82) is 0 Å². The molecular weight excluding hydrogens is 354 g/mol. The molecule has 0 saturated carbocycles. The minimum atomic E-state index is -0.381. The van der Waals surface area contributed by atoms with Gasteiger partial charge in [0.05, 0.1) is 18.9 Å². The van der Waals surface area contributed by atoms with Gasteiger partial charge in [0.1, 0.15) is 5.75 Å². The average molecular weight is 381 g/mol. The minimum absolute atomic E-state index is 0.00325. The van der Waals surface area contributed by atoms with E-state index in [0.717, 1.165) is 22.4 Å². The van der Waals surface area contributed by atoms with Crippen LogP contribution in [0.5, 0.6) is 5.75 Å². The number of ether oxygens (including phenoxy) is 1. The highest BCUT2D eigenvalue weighted by molar-refractivity contribution is 5.83. The van der Waals surface area contributed by atoms with Crippen molar-refractivity contribution in [2.45, 2.75) is 25.8 Å². The molecule has 0 aromatic heterocycles. The van der Waals surface area contributed by atoms with Crippen molar-refractivity contribution >= 4 is 11.8 Å². The Morgan fingerprint density at radius 3 is 2.25 bits per heavy atom. The predicted molar refractivity (Wildman–Crippen MR) is 108 cm³/mol. The molecule has 2 amide bonds. The first-order valence-corrected chi connectivity index (χ1v) is 9.59. The summed E-state index contributed by atoms with van der Waals surface area (Å²) >= 11 is 0. The van der Waals surface area contributed by atoms with Crippen molar-refractivity contribution in [2.75, 3.05) is 19.7 Å². The van der Waals surface area contributed by atoms with E-state index in [1.165, 1.54) is 0 Å². The van der Waals surface area contributed by atoms with E-state index in [0.29, 0.717) is 26.2 Å². The number of nitrogens with zero attached hydrogens (tertiary/aromatic N) is 1. The van der Waals surface area contributed by atoms with Gasteiger partial charge in [-0.1, -0.05) is 36.4 Å². The zero-order valence-corrected chi connectivity index (χ0v) is 16.1. The third-order valence-corrected chi connectivity index (χ3v) is 5.27. The van der Waals surface area contributed by atoms with E-state index < -0.39 is 0 Å². The maximum Gasteiger partial charge on any atom is 0.227 e. The van der Waals surface area contributed by atoms with E-state index in [1.807, 2.05) is 55.5 Å². The van der Waals surface area contributed by atoms with Crippen LogP contribution in [-0.2, 0) is 22.6 Å². The number of carbonyl (C=O) groups is 2. The molecule has 6 heteroatoms. The summed E-state index contributed by atoms with van der Waals surface area (Å²) in [6.07, 6.45) is 0.288. The van der Waals surface area contributed by atoms with E-state index in [1.54, 1.807) is 4.90 Å². The third kappa shape index (κ3) is 4.51. The lowest BCUT2D eigenvalue weighted by atomic mass is 9.88. The quantitative estimate of drug-likeness (QED) is 0.764. The van der Waals surface area contributed by atoms with Crippen molar-refractivity contribution in [3.63, 3.8) is 0 Å². The van der Waals surface area contributed by atoms with Crippen LogP contribution in [0.25, 0.3) is 0 Å². The van der Waals surface area contributed by atoms with Gasteiger partial charge in [0.25, 0.3) is 0 Å². The molecule has 2 aromatic carbocycles. The summed E-state index contributed by atoms with van der Waals surface area (Å²) in [7, 11) is 0. The van der Waals surface area contributed by atoms with Crippen molar-refractivity contribution in [3.05, 3.63) is 65.2 Å². The van der Waals surface area contributed by atoms with Crippen LogP contribution in [0.4, 0.5) is 0 Å². The van der Waals surface area contributed by atoms with E-state index in [4.69, 9.17) is 16.2 Å². The fraction of sp³-hybridized carbons (Fsp3) is 0.364. The maximum atomic E-state index is 12.8. The molecule has 2 aromatic rings. The summed E-state index contributed by atoms with van der Waals surface area (Å²) in [5.41, 5.74) is 14.2. The topological polar surface area (TPSA) is 98.6 Å². The zero-order chi connectivity index (χ0) is 20.1. The molecule has 1 fully saturated rings. The SMILES string of the molecule is CCOc1ccc(CC(=O)N2C[C@H](C(N)=O)[C@@H](c3ccc(CN)cc3)C2)cc1. The maximum absolute atomic E-state index is 12.8. The summed E-state index contributed by atoms with van der Waals surface area (Å²) in [4.78, 5) is 26.5. The number of hydrogen-bond acceptors (Lipinski definition) is 4. The Balaban J connectivity index is 1.70. The summed E-state index contributed by atoms with van der Waals surface area (Å²) in [5.74, 6) is -0.0583. The molecule has 0 aliphatic carbocycles. The summed E-state index contributed by atoms with van der Waals surface area (Å²) < 4.78 is 5.43. The molecule has 1 saturated heterocycles. The molecule has 1 aliphatic rings. The first kappa shape index (κ1) is 19.9. The fourth-order valence-corrected chi connectivity index (χ4v) is 3.69. The molecular formula is C22H27N3O3. The molecule has 0 unspecified atom stereocenters. The van der Waals surface area contributed by atoms with Gasteiger partial charge in [0.2, 0.25) is 11.8 Å². The molecule has 3 rings (SSSR count). The summed E-state index contributed by atoms with van der Waals surface area (Å²) in [6, 6.07) is 15.4.